The highest BCUT2D eigenvalue weighted by Crippen LogP contribution is 2.28. The molecule has 0 atom stereocenters. The van der Waals surface area contributed by atoms with E-state index in [1.807, 2.05) is 24.3 Å². The van der Waals surface area contributed by atoms with Crippen LogP contribution in [0, 0.1) is 5.92 Å². The monoisotopic (exact) mass is 290 g/mol. The summed E-state index contributed by atoms with van der Waals surface area (Å²) in [4.78, 5) is 12.2. The summed E-state index contributed by atoms with van der Waals surface area (Å²) in [6.45, 7) is 0.542. The number of hydrogen-bond donors (Lipinski definition) is 2. The van der Waals surface area contributed by atoms with Gasteiger partial charge in [-0.1, -0.05) is 56.1 Å². The topological polar surface area (TPSA) is 55.1 Å². The Morgan fingerprint density at radius 3 is 2.80 bits per heavy atom. The molecule has 1 aliphatic carbocycles. The summed E-state index contributed by atoms with van der Waals surface area (Å²) in [5.41, 5.74) is 7.48. The van der Waals surface area contributed by atoms with Gasteiger partial charge in [-0.25, -0.2) is 0 Å². The lowest BCUT2D eigenvalue weighted by atomic mass is 10.0. The van der Waals surface area contributed by atoms with E-state index in [0.29, 0.717) is 18.0 Å². The second-order valence-electron chi connectivity index (χ2n) is 5.53. The minimum atomic E-state index is 0.137. The highest BCUT2D eigenvalue weighted by Gasteiger charge is 2.15. The zero-order valence-corrected chi connectivity index (χ0v) is 12.5. The molecule has 0 saturated heterocycles. The van der Waals surface area contributed by atoms with Crippen LogP contribution in [0.15, 0.2) is 24.3 Å². The summed E-state index contributed by atoms with van der Waals surface area (Å²) < 4.78 is 0. The van der Waals surface area contributed by atoms with Gasteiger partial charge in [0.05, 0.1) is 0 Å². The van der Waals surface area contributed by atoms with E-state index in [-0.39, 0.29) is 5.91 Å². The van der Waals surface area contributed by atoms with Crippen molar-refractivity contribution in [1.82, 2.24) is 5.32 Å². The molecule has 1 aromatic carbocycles. The number of hydrogen-bond acceptors (Lipinski definition) is 2. The average molecular weight is 290 g/mol. The highest BCUT2D eigenvalue weighted by atomic mass is 32.1. The number of benzene rings is 1. The van der Waals surface area contributed by atoms with Crippen LogP contribution in [0.4, 0.5) is 0 Å². The molecule has 0 unspecified atom stereocenters. The van der Waals surface area contributed by atoms with Gasteiger partial charge >= 0.3 is 0 Å². The lowest BCUT2D eigenvalue weighted by Gasteiger charge is -2.09. The molecule has 108 valence electrons. The van der Waals surface area contributed by atoms with Crippen molar-refractivity contribution in [2.75, 3.05) is 0 Å². The van der Waals surface area contributed by atoms with Crippen LogP contribution < -0.4 is 11.1 Å². The first-order valence-electron chi connectivity index (χ1n) is 7.30. The molecule has 2 rings (SSSR count). The van der Waals surface area contributed by atoms with Gasteiger partial charge in [0.15, 0.2) is 0 Å². The van der Waals surface area contributed by atoms with Crippen LogP contribution in [0.2, 0.25) is 0 Å². The van der Waals surface area contributed by atoms with Crippen LogP contribution in [0.1, 0.15) is 49.7 Å². The number of nitrogens with two attached hydrogens (primary N) is 1. The fourth-order valence-electron chi connectivity index (χ4n) is 2.76. The number of nitrogens with one attached hydrogen (secondary N) is 1. The Bertz CT molecular complexity index is 481. The SMILES string of the molecule is NC(=S)c1cccc(CNC(=O)CCC2CCCC2)c1. The van der Waals surface area contributed by atoms with Gasteiger partial charge in [0.25, 0.3) is 0 Å². The van der Waals surface area contributed by atoms with Gasteiger partial charge in [0.2, 0.25) is 5.91 Å². The summed E-state index contributed by atoms with van der Waals surface area (Å²) in [6.07, 6.45) is 6.92. The molecule has 1 saturated carbocycles. The normalized spacial score (nSPS) is 15.2. The summed E-state index contributed by atoms with van der Waals surface area (Å²) in [7, 11) is 0. The van der Waals surface area contributed by atoms with Gasteiger partial charge in [-0.2, -0.15) is 0 Å². The van der Waals surface area contributed by atoms with Gasteiger partial charge < -0.3 is 11.1 Å². The lowest BCUT2D eigenvalue weighted by Crippen LogP contribution is -2.23. The molecule has 0 spiro atoms. The number of rotatable bonds is 6. The largest absolute Gasteiger partial charge is 0.389 e. The molecule has 1 aromatic rings. The van der Waals surface area contributed by atoms with Crippen molar-refractivity contribution in [3.63, 3.8) is 0 Å². The summed E-state index contributed by atoms with van der Waals surface area (Å²) in [5.74, 6) is 0.899. The molecule has 3 N–H and O–H groups in total. The maximum Gasteiger partial charge on any atom is 0.220 e. The quantitative estimate of drug-likeness (QED) is 0.792. The molecule has 3 nitrogen and oxygen atoms in total. The van der Waals surface area contributed by atoms with E-state index in [0.717, 1.165) is 23.5 Å². The van der Waals surface area contributed by atoms with Gasteiger partial charge in [-0.15, -0.1) is 0 Å². The number of carbonyl (C=O) groups is 1. The molecule has 0 radical (unpaired) electrons. The average Bonchev–Trinajstić information content (AvgIpc) is 2.96. The van der Waals surface area contributed by atoms with Crippen molar-refractivity contribution in [2.45, 2.75) is 45.1 Å². The maximum atomic E-state index is 11.8. The minimum Gasteiger partial charge on any atom is -0.389 e. The van der Waals surface area contributed by atoms with Crippen molar-refractivity contribution in [3.8, 4) is 0 Å². The first-order chi connectivity index (χ1) is 9.65. The third-order valence-electron chi connectivity index (χ3n) is 3.96. The summed E-state index contributed by atoms with van der Waals surface area (Å²) >= 11 is 4.95. The fourth-order valence-corrected chi connectivity index (χ4v) is 2.88. The van der Waals surface area contributed by atoms with Crippen LogP contribution in [0.25, 0.3) is 0 Å². The molecule has 1 amide bonds. The molecule has 0 bridgehead atoms. The van der Waals surface area contributed by atoms with E-state index >= 15 is 0 Å². The highest BCUT2D eigenvalue weighted by molar-refractivity contribution is 7.80. The maximum absolute atomic E-state index is 11.8. The molecule has 4 heteroatoms. The number of amides is 1. The van der Waals surface area contributed by atoms with Gasteiger partial charge in [0, 0.05) is 18.5 Å². The van der Waals surface area contributed by atoms with E-state index in [9.17, 15) is 4.79 Å². The Balaban J connectivity index is 1.75. The lowest BCUT2D eigenvalue weighted by molar-refractivity contribution is -0.121. The van der Waals surface area contributed by atoms with E-state index in [1.165, 1.54) is 25.7 Å². The van der Waals surface area contributed by atoms with Crippen LogP contribution in [-0.4, -0.2) is 10.9 Å². The molecule has 0 heterocycles. The van der Waals surface area contributed by atoms with E-state index in [2.05, 4.69) is 5.32 Å². The van der Waals surface area contributed by atoms with Crippen molar-refractivity contribution in [1.29, 1.82) is 0 Å². The van der Waals surface area contributed by atoms with Crippen LogP contribution in [-0.2, 0) is 11.3 Å². The zero-order chi connectivity index (χ0) is 14.4. The van der Waals surface area contributed by atoms with Crippen molar-refractivity contribution < 1.29 is 4.79 Å². The zero-order valence-electron chi connectivity index (χ0n) is 11.7. The first kappa shape index (κ1) is 15.0. The number of carbonyl (C=O) groups excluding carboxylic acids is 1. The Morgan fingerprint density at radius 1 is 1.35 bits per heavy atom. The van der Waals surface area contributed by atoms with Crippen LogP contribution in [0.3, 0.4) is 0 Å². The van der Waals surface area contributed by atoms with E-state index in [1.54, 1.807) is 0 Å². The molecule has 1 aliphatic rings. The second kappa shape index (κ2) is 7.39. The Hall–Kier alpha value is -1.42. The first-order valence-corrected chi connectivity index (χ1v) is 7.71. The third kappa shape index (κ3) is 4.60. The Morgan fingerprint density at radius 2 is 2.10 bits per heavy atom. The molecule has 20 heavy (non-hydrogen) atoms. The van der Waals surface area contributed by atoms with Gasteiger partial charge in [0.1, 0.15) is 4.99 Å². The van der Waals surface area contributed by atoms with E-state index < -0.39 is 0 Å². The van der Waals surface area contributed by atoms with E-state index in [4.69, 9.17) is 18.0 Å². The van der Waals surface area contributed by atoms with Crippen LogP contribution >= 0.6 is 12.2 Å². The predicted octanol–water partition coefficient (Wildman–Crippen LogP) is 2.91. The smallest absolute Gasteiger partial charge is 0.220 e. The van der Waals surface area contributed by atoms with Crippen LogP contribution in [0.5, 0.6) is 0 Å². The fraction of sp³-hybridized carbons (Fsp3) is 0.500. The van der Waals surface area contributed by atoms with Gasteiger partial charge in [-0.05, 0) is 24.0 Å². The standard InChI is InChI=1S/C16H22N2OS/c17-16(20)14-7-3-6-13(10-14)11-18-15(19)9-8-12-4-1-2-5-12/h3,6-7,10,12H,1-2,4-5,8-9,11H2,(H2,17,20)(H,18,19). The molecule has 0 aromatic heterocycles. The Labute approximate surface area is 125 Å². The predicted molar refractivity (Wildman–Crippen MR) is 85.4 cm³/mol. The minimum absolute atomic E-state index is 0.137. The molecule has 1 fully saturated rings. The number of thiocarbonyl (C=S) groups is 1. The van der Waals surface area contributed by atoms with Crippen molar-refractivity contribution >= 4 is 23.1 Å². The summed E-state index contributed by atoms with van der Waals surface area (Å²) in [5, 5.41) is 2.97. The molecule has 0 aliphatic heterocycles. The van der Waals surface area contributed by atoms with Gasteiger partial charge in [-0.3, -0.25) is 4.79 Å². The van der Waals surface area contributed by atoms with Crippen molar-refractivity contribution in [2.24, 2.45) is 11.7 Å². The van der Waals surface area contributed by atoms with Crippen molar-refractivity contribution in [3.05, 3.63) is 35.4 Å². The second-order valence-corrected chi connectivity index (χ2v) is 5.97. The molecular weight excluding hydrogens is 268 g/mol. The third-order valence-corrected chi connectivity index (χ3v) is 4.19. The summed E-state index contributed by atoms with van der Waals surface area (Å²) in [6, 6.07) is 7.70. The molecular formula is C16H22N2OS. The Kier molecular flexibility index (Phi) is 5.53.